The van der Waals surface area contributed by atoms with Crippen molar-refractivity contribution < 1.29 is 14.6 Å². The molecule has 0 aliphatic carbocycles. The molecule has 0 amide bonds. The molecule has 1 saturated heterocycles. The number of benzene rings is 1. The summed E-state index contributed by atoms with van der Waals surface area (Å²) in [4.78, 5) is 18.1. The zero-order chi connectivity index (χ0) is 17.8. The average molecular weight is 340 g/mol. The number of piperidine rings is 1. The Morgan fingerprint density at radius 2 is 1.92 bits per heavy atom. The molecule has 0 radical (unpaired) electrons. The first-order valence-electron chi connectivity index (χ1n) is 8.61. The molecule has 0 spiro atoms. The molecule has 5 heteroatoms. The zero-order valence-corrected chi connectivity index (χ0v) is 14.7. The third-order valence-corrected chi connectivity index (χ3v) is 4.99. The molecule has 1 N–H and O–H groups in total. The minimum atomic E-state index is -0.828. The van der Waals surface area contributed by atoms with Crippen molar-refractivity contribution in [3.8, 4) is 5.75 Å². The van der Waals surface area contributed by atoms with Gasteiger partial charge in [-0.25, -0.2) is 0 Å². The number of aryl methyl sites for hydroxylation is 1. The Morgan fingerprint density at radius 3 is 2.52 bits per heavy atom. The molecule has 132 valence electrons. The summed E-state index contributed by atoms with van der Waals surface area (Å²) >= 11 is 0. The number of aliphatic carboxylic acids is 1. The molecule has 1 aliphatic heterocycles. The van der Waals surface area contributed by atoms with Crippen LogP contribution < -0.4 is 4.74 Å². The van der Waals surface area contributed by atoms with Crippen molar-refractivity contribution >= 4 is 5.97 Å². The largest absolute Gasteiger partial charge is 0.496 e. The fourth-order valence-electron chi connectivity index (χ4n) is 3.68. The number of pyridine rings is 1. The van der Waals surface area contributed by atoms with E-state index in [0.29, 0.717) is 11.7 Å². The molecule has 0 saturated carbocycles. The second-order valence-corrected chi connectivity index (χ2v) is 6.58. The van der Waals surface area contributed by atoms with Crippen LogP contribution in [0.1, 0.15) is 41.5 Å². The molecule has 1 unspecified atom stereocenters. The van der Waals surface area contributed by atoms with Crippen molar-refractivity contribution in [1.82, 2.24) is 9.88 Å². The number of methoxy groups -OCH3 is 1. The van der Waals surface area contributed by atoms with Crippen LogP contribution in [0, 0.1) is 6.92 Å². The third kappa shape index (κ3) is 3.82. The number of ether oxygens (including phenoxy) is 1. The zero-order valence-electron chi connectivity index (χ0n) is 14.7. The monoisotopic (exact) mass is 340 g/mol. The number of aromatic nitrogens is 1. The molecule has 1 aromatic heterocycles. The van der Waals surface area contributed by atoms with Gasteiger partial charge in [-0.1, -0.05) is 17.7 Å². The summed E-state index contributed by atoms with van der Waals surface area (Å²) in [5.41, 5.74) is 3.06. The second kappa shape index (κ2) is 7.66. The lowest BCUT2D eigenvalue weighted by Gasteiger charge is -2.36. The van der Waals surface area contributed by atoms with Gasteiger partial charge in [-0.2, -0.15) is 0 Å². The Labute approximate surface area is 148 Å². The SMILES string of the molecule is COc1ccc(C)cc1C(C(=O)O)N1CCC(c2ccncc2)CC1. The number of nitrogens with zero attached hydrogens (tertiary/aromatic N) is 2. The molecule has 1 aromatic carbocycles. The van der Waals surface area contributed by atoms with Gasteiger partial charge < -0.3 is 9.84 Å². The first kappa shape index (κ1) is 17.4. The average Bonchev–Trinajstić information content (AvgIpc) is 2.63. The molecular formula is C20H24N2O3. The fraction of sp³-hybridized carbons (Fsp3) is 0.400. The lowest BCUT2D eigenvalue weighted by Crippen LogP contribution is -2.39. The fourth-order valence-corrected chi connectivity index (χ4v) is 3.68. The minimum Gasteiger partial charge on any atom is -0.496 e. The maximum absolute atomic E-state index is 12.0. The van der Waals surface area contributed by atoms with Gasteiger partial charge in [0, 0.05) is 18.0 Å². The molecule has 5 nitrogen and oxygen atoms in total. The molecule has 2 heterocycles. The molecule has 3 rings (SSSR count). The van der Waals surface area contributed by atoms with E-state index in [-0.39, 0.29) is 0 Å². The van der Waals surface area contributed by atoms with E-state index in [2.05, 4.69) is 22.0 Å². The van der Waals surface area contributed by atoms with Crippen molar-refractivity contribution in [3.63, 3.8) is 0 Å². The second-order valence-electron chi connectivity index (χ2n) is 6.58. The Balaban J connectivity index is 1.80. The Morgan fingerprint density at radius 1 is 1.24 bits per heavy atom. The molecular weight excluding hydrogens is 316 g/mol. The third-order valence-electron chi connectivity index (χ3n) is 4.99. The molecule has 1 fully saturated rings. The lowest BCUT2D eigenvalue weighted by molar-refractivity contribution is -0.144. The summed E-state index contributed by atoms with van der Waals surface area (Å²) in [7, 11) is 1.59. The van der Waals surface area contributed by atoms with Crippen LogP contribution in [-0.4, -0.2) is 41.2 Å². The number of hydrogen-bond donors (Lipinski definition) is 1. The van der Waals surface area contributed by atoms with Crippen LogP contribution in [0.25, 0.3) is 0 Å². The Kier molecular flexibility index (Phi) is 5.34. The van der Waals surface area contributed by atoms with Crippen LogP contribution >= 0.6 is 0 Å². The van der Waals surface area contributed by atoms with Crippen LogP contribution in [0.15, 0.2) is 42.7 Å². The van der Waals surface area contributed by atoms with Gasteiger partial charge in [0.1, 0.15) is 11.8 Å². The van der Waals surface area contributed by atoms with Gasteiger partial charge in [-0.15, -0.1) is 0 Å². The molecule has 2 aromatic rings. The topological polar surface area (TPSA) is 62.7 Å². The highest BCUT2D eigenvalue weighted by Crippen LogP contribution is 2.35. The van der Waals surface area contributed by atoms with Crippen LogP contribution in [0.4, 0.5) is 0 Å². The van der Waals surface area contributed by atoms with E-state index in [4.69, 9.17) is 4.74 Å². The van der Waals surface area contributed by atoms with Crippen molar-refractivity contribution in [1.29, 1.82) is 0 Å². The highest BCUT2D eigenvalue weighted by atomic mass is 16.5. The van der Waals surface area contributed by atoms with Crippen molar-refractivity contribution in [2.45, 2.75) is 31.7 Å². The van der Waals surface area contributed by atoms with E-state index in [9.17, 15) is 9.90 Å². The molecule has 1 aliphatic rings. The highest BCUT2D eigenvalue weighted by molar-refractivity contribution is 5.77. The summed E-state index contributed by atoms with van der Waals surface area (Å²) < 4.78 is 5.42. The predicted octanol–water partition coefficient (Wildman–Crippen LogP) is 3.40. The van der Waals surface area contributed by atoms with Crippen LogP contribution in [-0.2, 0) is 4.79 Å². The standard InChI is InChI=1S/C20H24N2O3/c1-14-3-4-18(25-2)17(13-14)19(20(23)24)22-11-7-16(8-12-22)15-5-9-21-10-6-15/h3-6,9-10,13,16,19H,7-8,11-12H2,1-2H3,(H,23,24). The van der Waals surface area contributed by atoms with E-state index in [0.717, 1.165) is 37.1 Å². The van der Waals surface area contributed by atoms with E-state index < -0.39 is 12.0 Å². The van der Waals surface area contributed by atoms with Gasteiger partial charge in [-0.05, 0) is 62.5 Å². The first-order chi connectivity index (χ1) is 12.1. The summed E-state index contributed by atoms with van der Waals surface area (Å²) in [6, 6.07) is 9.15. The van der Waals surface area contributed by atoms with Gasteiger partial charge in [0.05, 0.1) is 7.11 Å². The Hall–Kier alpha value is -2.40. The van der Waals surface area contributed by atoms with E-state index in [1.807, 2.05) is 37.5 Å². The van der Waals surface area contributed by atoms with E-state index in [1.54, 1.807) is 7.11 Å². The summed E-state index contributed by atoms with van der Waals surface area (Å²) in [6.45, 7) is 3.47. The van der Waals surface area contributed by atoms with Gasteiger partial charge in [-0.3, -0.25) is 14.7 Å². The van der Waals surface area contributed by atoms with Gasteiger partial charge in [0.15, 0.2) is 0 Å². The van der Waals surface area contributed by atoms with Gasteiger partial charge in [0.25, 0.3) is 0 Å². The van der Waals surface area contributed by atoms with Crippen molar-refractivity contribution in [2.75, 3.05) is 20.2 Å². The number of rotatable bonds is 5. The van der Waals surface area contributed by atoms with Crippen LogP contribution in [0.3, 0.4) is 0 Å². The minimum absolute atomic E-state index is 0.466. The molecule has 1 atom stereocenters. The molecule has 0 bridgehead atoms. The van der Waals surface area contributed by atoms with Crippen LogP contribution in [0.2, 0.25) is 0 Å². The predicted molar refractivity (Wildman–Crippen MR) is 95.9 cm³/mol. The number of carboxylic acids is 1. The summed E-state index contributed by atoms with van der Waals surface area (Å²) in [5, 5.41) is 9.87. The number of hydrogen-bond acceptors (Lipinski definition) is 4. The maximum atomic E-state index is 12.0. The summed E-state index contributed by atoms with van der Waals surface area (Å²) in [5.74, 6) is 0.272. The maximum Gasteiger partial charge on any atom is 0.325 e. The Bertz CT molecular complexity index is 725. The smallest absolute Gasteiger partial charge is 0.325 e. The normalized spacial score (nSPS) is 17.2. The van der Waals surface area contributed by atoms with Crippen molar-refractivity contribution in [2.24, 2.45) is 0 Å². The number of carbonyl (C=O) groups is 1. The quantitative estimate of drug-likeness (QED) is 0.904. The molecule has 25 heavy (non-hydrogen) atoms. The first-order valence-corrected chi connectivity index (χ1v) is 8.61. The lowest BCUT2D eigenvalue weighted by atomic mass is 9.88. The highest BCUT2D eigenvalue weighted by Gasteiger charge is 2.33. The van der Waals surface area contributed by atoms with Gasteiger partial charge in [0.2, 0.25) is 0 Å². The number of carboxylic acid groups (broad SMARTS) is 1. The van der Waals surface area contributed by atoms with Crippen molar-refractivity contribution in [3.05, 3.63) is 59.4 Å². The summed E-state index contributed by atoms with van der Waals surface area (Å²) in [6.07, 6.45) is 5.53. The van der Waals surface area contributed by atoms with E-state index >= 15 is 0 Å². The number of likely N-dealkylation sites (tertiary alicyclic amines) is 1. The van der Waals surface area contributed by atoms with E-state index in [1.165, 1.54) is 5.56 Å². The van der Waals surface area contributed by atoms with Gasteiger partial charge >= 0.3 is 5.97 Å². The van der Waals surface area contributed by atoms with Crippen LogP contribution in [0.5, 0.6) is 5.75 Å².